The molecule has 3 nitrogen and oxygen atoms in total. The molecule has 0 heterocycles. The Labute approximate surface area is 133 Å². The van der Waals surface area contributed by atoms with E-state index < -0.39 is 0 Å². The van der Waals surface area contributed by atoms with Crippen molar-refractivity contribution in [1.29, 1.82) is 0 Å². The Hall–Kier alpha value is -3.20. The third-order valence-corrected chi connectivity index (χ3v) is 3.95. The van der Waals surface area contributed by atoms with Crippen molar-refractivity contribution in [2.75, 3.05) is 5.43 Å². The third kappa shape index (κ3) is 2.64. The minimum absolute atomic E-state index is 0.580. The quantitative estimate of drug-likeness (QED) is 0.404. The molecule has 0 atom stereocenters. The molecule has 0 radical (unpaired) electrons. The van der Waals surface area contributed by atoms with Gasteiger partial charge in [0.05, 0.1) is 4.91 Å². The standard InChI is InChI=1S/C20H15N2O/c23-22(20-12-10-16-6-2-4-8-18(16)14-20)21-19-11-9-15-5-1-3-7-17(15)13-19/h1-14H,(H,21,23)/q+1. The zero-order valence-electron chi connectivity index (χ0n) is 12.4. The molecule has 4 rings (SSSR count). The Kier molecular flexibility index (Phi) is 3.24. The molecule has 110 valence electrons. The first kappa shape index (κ1) is 13.5. The monoisotopic (exact) mass is 299 g/mol. The van der Waals surface area contributed by atoms with Gasteiger partial charge < -0.3 is 0 Å². The lowest BCUT2D eigenvalue weighted by Crippen LogP contribution is -2.10. The highest BCUT2D eigenvalue weighted by Gasteiger charge is 2.14. The van der Waals surface area contributed by atoms with E-state index in [4.69, 9.17) is 0 Å². The van der Waals surface area contributed by atoms with Gasteiger partial charge in [0.25, 0.3) is 5.69 Å². The van der Waals surface area contributed by atoms with E-state index >= 15 is 0 Å². The molecule has 0 aliphatic rings. The van der Waals surface area contributed by atoms with Gasteiger partial charge in [-0.3, -0.25) is 0 Å². The maximum absolute atomic E-state index is 12.4. The second-order valence-corrected chi connectivity index (χ2v) is 5.50. The van der Waals surface area contributed by atoms with Crippen LogP contribution in [0.15, 0.2) is 84.9 Å². The van der Waals surface area contributed by atoms with Crippen LogP contribution in [0, 0.1) is 4.91 Å². The average Bonchev–Trinajstić information content (AvgIpc) is 2.61. The number of fused-ring (bicyclic) bond motifs is 2. The fourth-order valence-electron chi connectivity index (χ4n) is 2.74. The second-order valence-electron chi connectivity index (χ2n) is 5.50. The minimum atomic E-state index is 0.580. The molecule has 0 aliphatic carbocycles. The lowest BCUT2D eigenvalue weighted by molar-refractivity contribution is -0.427. The first-order valence-electron chi connectivity index (χ1n) is 7.51. The van der Waals surface area contributed by atoms with Gasteiger partial charge in [-0.25, -0.2) is 0 Å². The molecule has 4 aromatic carbocycles. The first-order chi connectivity index (χ1) is 11.3. The van der Waals surface area contributed by atoms with Gasteiger partial charge in [0.1, 0.15) is 5.69 Å². The van der Waals surface area contributed by atoms with Crippen molar-refractivity contribution in [1.82, 2.24) is 0 Å². The van der Waals surface area contributed by atoms with E-state index in [-0.39, 0.29) is 0 Å². The fourth-order valence-corrected chi connectivity index (χ4v) is 2.74. The van der Waals surface area contributed by atoms with E-state index in [9.17, 15) is 4.91 Å². The van der Waals surface area contributed by atoms with Crippen molar-refractivity contribution in [3.63, 3.8) is 0 Å². The number of hydrogen-bond donors (Lipinski definition) is 1. The van der Waals surface area contributed by atoms with Crippen LogP contribution < -0.4 is 5.43 Å². The number of nitrogens with zero attached hydrogens (tertiary/aromatic N) is 1. The summed E-state index contributed by atoms with van der Waals surface area (Å²) in [5, 5.41) is 4.42. The van der Waals surface area contributed by atoms with Crippen molar-refractivity contribution >= 4 is 32.9 Å². The Bertz CT molecular complexity index is 1020. The van der Waals surface area contributed by atoms with Crippen molar-refractivity contribution < 1.29 is 4.87 Å². The summed E-state index contributed by atoms with van der Waals surface area (Å²) in [7, 11) is 0. The van der Waals surface area contributed by atoms with Crippen molar-refractivity contribution in [3.8, 4) is 0 Å². The van der Waals surface area contributed by atoms with Gasteiger partial charge in [0.2, 0.25) is 0 Å². The highest BCUT2D eigenvalue weighted by Crippen LogP contribution is 2.23. The molecule has 0 saturated carbocycles. The summed E-state index contributed by atoms with van der Waals surface area (Å²) in [5.74, 6) is 0. The Morgan fingerprint density at radius 1 is 0.609 bits per heavy atom. The molecule has 0 fully saturated rings. The largest absolute Gasteiger partial charge is 0.292 e. The molecule has 0 aliphatic heterocycles. The summed E-state index contributed by atoms with van der Waals surface area (Å²) < 4.78 is 0. The number of benzene rings is 4. The molecular formula is C20H15N2O+. The van der Waals surface area contributed by atoms with Gasteiger partial charge in [0.15, 0.2) is 4.87 Å². The van der Waals surface area contributed by atoms with Crippen molar-refractivity contribution in [2.24, 2.45) is 0 Å². The Balaban J connectivity index is 1.64. The number of hydrogen-bond acceptors (Lipinski definition) is 1. The average molecular weight is 299 g/mol. The summed E-state index contributed by atoms with van der Waals surface area (Å²) in [6.07, 6.45) is 0. The molecular weight excluding hydrogens is 284 g/mol. The predicted molar refractivity (Wildman–Crippen MR) is 94.8 cm³/mol. The molecule has 0 bridgehead atoms. The maximum atomic E-state index is 12.4. The first-order valence-corrected chi connectivity index (χ1v) is 7.51. The van der Waals surface area contributed by atoms with Crippen LogP contribution in [-0.4, -0.2) is 4.87 Å². The number of hydrazine groups is 1. The highest BCUT2D eigenvalue weighted by atomic mass is 16.3. The lowest BCUT2D eigenvalue weighted by atomic mass is 10.1. The van der Waals surface area contributed by atoms with Gasteiger partial charge in [-0.05, 0) is 39.7 Å². The molecule has 0 amide bonds. The summed E-state index contributed by atoms with van der Waals surface area (Å²) in [6, 6.07) is 27.6. The fraction of sp³-hybridized carbons (Fsp3) is 0. The zero-order chi connectivity index (χ0) is 15.6. The molecule has 0 spiro atoms. The topological polar surface area (TPSA) is 32.1 Å². The van der Waals surface area contributed by atoms with E-state index in [1.54, 1.807) is 0 Å². The van der Waals surface area contributed by atoms with Gasteiger partial charge in [-0.15, -0.1) is 5.43 Å². The van der Waals surface area contributed by atoms with Crippen LogP contribution in [0.25, 0.3) is 21.5 Å². The normalized spacial score (nSPS) is 10.8. The van der Waals surface area contributed by atoms with Crippen LogP contribution in [0.3, 0.4) is 0 Å². The lowest BCUT2D eigenvalue weighted by Gasteiger charge is -2.02. The Morgan fingerprint density at radius 3 is 1.87 bits per heavy atom. The zero-order valence-corrected chi connectivity index (χ0v) is 12.4. The smallest absolute Gasteiger partial charge is 0.114 e. The molecule has 0 unspecified atom stereocenters. The summed E-state index contributed by atoms with van der Waals surface area (Å²) in [6.45, 7) is 0. The van der Waals surface area contributed by atoms with Crippen molar-refractivity contribution in [2.45, 2.75) is 0 Å². The minimum Gasteiger partial charge on any atom is -0.114 e. The van der Waals surface area contributed by atoms with Gasteiger partial charge in [-0.1, -0.05) is 54.6 Å². The maximum Gasteiger partial charge on any atom is 0.292 e. The van der Waals surface area contributed by atoms with E-state index in [2.05, 4.69) is 11.5 Å². The van der Waals surface area contributed by atoms with Crippen LogP contribution >= 0.6 is 0 Å². The van der Waals surface area contributed by atoms with Crippen molar-refractivity contribution in [3.05, 3.63) is 89.8 Å². The molecule has 3 heteroatoms. The molecule has 0 aromatic heterocycles. The number of nitrogens with one attached hydrogen (secondary N) is 1. The van der Waals surface area contributed by atoms with E-state index in [1.807, 2.05) is 78.9 Å². The molecule has 4 aromatic rings. The van der Waals surface area contributed by atoms with E-state index in [1.165, 1.54) is 0 Å². The van der Waals surface area contributed by atoms with E-state index in [0.717, 1.165) is 32.1 Å². The van der Waals surface area contributed by atoms with Gasteiger partial charge in [-0.2, -0.15) is 0 Å². The molecule has 1 N–H and O–H groups in total. The summed E-state index contributed by atoms with van der Waals surface area (Å²) in [4.78, 5) is 13.2. The number of anilines is 1. The highest BCUT2D eigenvalue weighted by molar-refractivity contribution is 5.86. The molecule has 23 heavy (non-hydrogen) atoms. The van der Waals surface area contributed by atoms with Gasteiger partial charge in [0, 0.05) is 12.1 Å². The second kappa shape index (κ2) is 5.54. The predicted octanol–water partition coefficient (Wildman–Crippen LogP) is 5.43. The SMILES string of the molecule is O=[N+](Nc1ccc2ccccc2c1)c1ccc2ccccc2c1. The number of nitroso groups, excluding NO2 is 1. The van der Waals surface area contributed by atoms with Gasteiger partial charge >= 0.3 is 0 Å². The third-order valence-electron chi connectivity index (χ3n) is 3.95. The van der Waals surface area contributed by atoms with Crippen LogP contribution in [-0.2, 0) is 0 Å². The van der Waals surface area contributed by atoms with Crippen LogP contribution in [0.5, 0.6) is 0 Å². The van der Waals surface area contributed by atoms with E-state index in [0.29, 0.717) is 5.69 Å². The number of rotatable bonds is 3. The molecule has 0 saturated heterocycles. The Morgan fingerprint density at radius 2 is 1.17 bits per heavy atom. The van der Waals surface area contributed by atoms with Crippen LogP contribution in [0.2, 0.25) is 0 Å². The summed E-state index contributed by atoms with van der Waals surface area (Å²) >= 11 is 0. The summed E-state index contributed by atoms with van der Waals surface area (Å²) in [5.41, 5.74) is 4.24. The van der Waals surface area contributed by atoms with Crippen LogP contribution in [0.1, 0.15) is 0 Å². The van der Waals surface area contributed by atoms with Crippen LogP contribution in [0.4, 0.5) is 11.4 Å².